The number of rotatable bonds is 10. The zero-order chi connectivity index (χ0) is 18.1. The van der Waals surface area contributed by atoms with E-state index in [0.717, 1.165) is 36.8 Å². The number of anilines is 1. The number of hydrogen-bond acceptors (Lipinski definition) is 3. The van der Waals surface area contributed by atoms with Crippen LogP contribution in [0.25, 0.3) is 0 Å². The normalized spacial score (nSPS) is 11.0. The molecule has 1 N–H and O–H groups in total. The second-order valence-corrected chi connectivity index (χ2v) is 7.05. The van der Waals surface area contributed by atoms with Gasteiger partial charge < -0.3 is 14.8 Å². The van der Waals surface area contributed by atoms with E-state index < -0.39 is 0 Å². The molecule has 0 bridgehead atoms. The van der Waals surface area contributed by atoms with Crippen LogP contribution in [0.5, 0.6) is 11.5 Å². The molecule has 2 aromatic rings. The summed E-state index contributed by atoms with van der Waals surface area (Å²) in [5, 5.41) is 3.37. The van der Waals surface area contributed by atoms with Crippen LogP contribution in [0.1, 0.15) is 45.6 Å². The van der Waals surface area contributed by atoms with Crippen LogP contribution in [0.4, 0.5) is 5.69 Å². The first-order chi connectivity index (χ1) is 12.0. The molecule has 2 rings (SSSR count). The Bertz CT molecular complexity index is 603. The maximum Gasteiger partial charge on any atom is 0.119 e. The summed E-state index contributed by atoms with van der Waals surface area (Å²) in [6, 6.07) is 16.4. The Hall–Kier alpha value is -2.16. The van der Waals surface area contributed by atoms with Gasteiger partial charge in [-0.1, -0.05) is 39.8 Å². The summed E-state index contributed by atoms with van der Waals surface area (Å²) in [5.41, 5.74) is 2.41. The lowest BCUT2D eigenvalue weighted by molar-refractivity contribution is 0.289. The first-order valence-electron chi connectivity index (χ1n) is 9.24. The van der Waals surface area contributed by atoms with Crippen LogP contribution in [0.3, 0.4) is 0 Å². The van der Waals surface area contributed by atoms with E-state index >= 15 is 0 Å². The Labute approximate surface area is 152 Å². The predicted molar refractivity (Wildman–Crippen MR) is 106 cm³/mol. The standard InChI is InChI=1S/C22H31NO2/c1-17(2)13-15-24-22-11-7-20(8-12-22)23-14-16-25-21-9-5-19(6-10-21)18(3)4/h5-12,17-18,23H,13-16H2,1-4H3. The fraction of sp³-hybridized carbons (Fsp3) is 0.455. The molecule has 0 atom stereocenters. The van der Waals surface area contributed by atoms with E-state index in [9.17, 15) is 0 Å². The average molecular weight is 341 g/mol. The third-order valence-electron chi connectivity index (χ3n) is 4.06. The second-order valence-electron chi connectivity index (χ2n) is 7.05. The van der Waals surface area contributed by atoms with Gasteiger partial charge in [-0.3, -0.25) is 0 Å². The lowest BCUT2D eigenvalue weighted by Gasteiger charge is -2.11. The van der Waals surface area contributed by atoms with Crippen molar-refractivity contribution in [2.24, 2.45) is 5.92 Å². The minimum Gasteiger partial charge on any atom is -0.494 e. The van der Waals surface area contributed by atoms with Gasteiger partial charge in [-0.05, 0) is 60.2 Å². The van der Waals surface area contributed by atoms with Crippen molar-refractivity contribution in [3.8, 4) is 11.5 Å². The van der Waals surface area contributed by atoms with Crippen molar-refractivity contribution in [2.45, 2.75) is 40.0 Å². The highest BCUT2D eigenvalue weighted by Gasteiger charge is 2.00. The number of nitrogens with one attached hydrogen (secondary N) is 1. The zero-order valence-corrected chi connectivity index (χ0v) is 15.9. The summed E-state index contributed by atoms with van der Waals surface area (Å²) >= 11 is 0. The fourth-order valence-corrected chi connectivity index (χ4v) is 2.39. The molecule has 3 nitrogen and oxygen atoms in total. The van der Waals surface area contributed by atoms with Gasteiger partial charge >= 0.3 is 0 Å². The van der Waals surface area contributed by atoms with E-state index in [2.05, 4.69) is 45.1 Å². The molecule has 0 heterocycles. The molecule has 0 saturated carbocycles. The number of ether oxygens (including phenoxy) is 2. The van der Waals surface area contributed by atoms with Crippen LogP contribution in [0.15, 0.2) is 48.5 Å². The van der Waals surface area contributed by atoms with Gasteiger partial charge in [0.2, 0.25) is 0 Å². The molecule has 0 aromatic heterocycles. The van der Waals surface area contributed by atoms with Crippen molar-refractivity contribution in [3.63, 3.8) is 0 Å². The molecule has 0 aliphatic carbocycles. The van der Waals surface area contributed by atoms with Gasteiger partial charge in [0.15, 0.2) is 0 Å². The summed E-state index contributed by atoms with van der Waals surface area (Å²) in [6.07, 6.45) is 1.08. The largest absolute Gasteiger partial charge is 0.494 e. The van der Waals surface area contributed by atoms with Crippen LogP contribution < -0.4 is 14.8 Å². The van der Waals surface area contributed by atoms with Crippen molar-refractivity contribution in [1.29, 1.82) is 0 Å². The first kappa shape index (κ1) is 19.2. The van der Waals surface area contributed by atoms with Gasteiger partial charge in [0, 0.05) is 12.2 Å². The monoisotopic (exact) mass is 341 g/mol. The van der Waals surface area contributed by atoms with E-state index in [1.807, 2.05) is 36.4 Å². The van der Waals surface area contributed by atoms with Crippen LogP contribution >= 0.6 is 0 Å². The molecule has 136 valence electrons. The SMILES string of the molecule is CC(C)CCOc1ccc(NCCOc2ccc(C(C)C)cc2)cc1. The summed E-state index contributed by atoms with van der Waals surface area (Å²) in [6.45, 7) is 11.0. The molecule has 0 amide bonds. The van der Waals surface area contributed by atoms with E-state index in [0.29, 0.717) is 18.4 Å². The topological polar surface area (TPSA) is 30.5 Å². The number of benzene rings is 2. The predicted octanol–water partition coefficient (Wildman–Crippen LogP) is 5.73. The van der Waals surface area contributed by atoms with Gasteiger partial charge in [-0.25, -0.2) is 0 Å². The second kappa shape index (κ2) is 9.97. The highest BCUT2D eigenvalue weighted by Crippen LogP contribution is 2.19. The molecule has 3 heteroatoms. The Morgan fingerprint density at radius 2 is 1.32 bits per heavy atom. The minimum atomic E-state index is 0.549. The third-order valence-corrected chi connectivity index (χ3v) is 4.06. The summed E-state index contributed by atoms with van der Waals surface area (Å²) < 4.78 is 11.5. The smallest absolute Gasteiger partial charge is 0.119 e. The lowest BCUT2D eigenvalue weighted by atomic mass is 10.0. The molecular formula is C22H31NO2. The zero-order valence-electron chi connectivity index (χ0n) is 15.9. The molecule has 2 aromatic carbocycles. The summed E-state index contributed by atoms with van der Waals surface area (Å²) in [5.74, 6) is 3.06. The van der Waals surface area contributed by atoms with Gasteiger partial charge in [-0.15, -0.1) is 0 Å². The Morgan fingerprint density at radius 3 is 1.88 bits per heavy atom. The average Bonchev–Trinajstić information content (AvgIpc) is 2.60. The van der Waals surface area contributed by atoms with Crippen molar-refractivity contribution in [3.05, 3.63) is 54.1 Å². The Kier molecular flexibility index (Phi) is 7.65. The van der Waals surface area contributed by atoms with E-state index in [1.54, 1.807) is 0 Å². The fourth-order valence-electron chi connectivity index (χ4n) is 2.39. The van der Waals surface area contributed by atoms with Crippen molar-refractivity contribution in [1.82, 2.24) is 0 Å². The Balaban J connectivity index is 1.67. The third kappa shape index (κ3) is 7.08. The van der Waals surface area contributed by atoms with Crippen molar-refractivity contribution < 1.29 is 9.47 Å². The molecule has 0 spiro atoms. The van der Waals surface area contributed by atoms with Crippen LogP contribution in [-0.2, 0) is 0 Å². The molecule has 0 radical (unpaired) electrons. The molecular weight excluding hydrogens is 310 g/mol. The van der Waals surface area contributed by atoms with Crippen LogP contribution in [0.2, 0.25) is 0 Å². The molecule has 0 aliphatic rings. The maximum atomic E-state index is 5.77. The quantitative estimate of drug-likeness (QED) is 0.560. The number of hydrogen-bond donors (Lipinski definition) is 1. The van der Waals surface area contributed by atoms with Crippen LogP contribution in [0, 0.1) is 5.92 Å². The maximum absolute atomic E-state index is 5.77. The molecule has 0 fully saturated rings. The summed E-state index contributed by atoms with van der Waals surface area (Å²) in [4.78, 5) is 0. The van der Waals surface area contributed by atoms with Crippen molar-refractivity contribution >= 4 is 5.69 Å². The van der Waals surface area contributed by atoms with Crippen LogP contribution in [-0.4, -0.2) is 19.8 Å². The summed E-state index contributed by atoms with van der Waals surface area (Å²) in [7, 11) is 0. The van der Waals surface area contributed by atoms with E-state index in [4.69, 9.17) is 9.47 Å². The highest BCUT2D eigenvalue weighted by atomic mass is 16.5. The molecule has 0 unspecified atom stereocenters. The molecule has 25 heavy (non-hydrogen) atoms. The van der Waals surface area contributed by atoms with Gasteiger partial charge in [-0.2, -0.15) is 0 Å². The van der Waals surface area contributed by atoms with Crippen molar-refractivity contribution in [2.75, 3.05) is 25.1 Å². The van der Waals surface area contributed by atoms with Gasteiger partial charge in [0.05, 0.1) is 6.61 Å². The van der Waals surface area contributed by atoms with Gasteiger partial charge in [0.1, 0.15) is 18.1 Å². The minimum absolute atomic E-state index is 0.549. The molecule has 0 aliphatic heterocycles. The van der Waals surface area contributed by atoms with E-state index in [1.165, 1.54) is 5.56 Å². The molecule has 0 saturated heterocycles. The highest BCUT2D eigenvalue weighted by molar-refractivity contribution is 5.46. The first-order valence-corrected chi connectivity index (χ1v) is 9.24. The lowest BCUT2D eigenvalue weighted by Crippen LogP contribution is -2.11. The van der Waals surface area contributed by atoms with Gasteiger partial charge in [0.25, 0.3) is 0 Å². The Morgan fingerprint density at radius 1 is 0.760 bits per heavy atom. The van der Waals surface area contributed by atoms with E-state index in [-0.39, 0.29) is 0 Å².